The lowest BCUT2D eigenvalue weighted by molar-refractivity contribution is -0.132. The third-order valence-corrected chi connectivity index (χ3v) is 4.30. The van der Waals surface area contributed by atoms with Crippen LogP contribution >= 0.6 is 0 Å². The van der Waals surface area contributed by atoms with E-state index in [1.807, 2.05) is 36.1 Å². The van der Waals surface area contributed by atoms with Crippen molar-refractivity contribution in [2.45, 2.75) is 26.2 Å². The van der Waals surface area contributed by atoms with Gasteiger partial charge in [0.05, 0.1) is 13.0 Å². The van der Waals surface area contributed by atoms with E-state index in [9.17, 15) is 4.79 Å². The Labute approximate surface area is 142 Å². The SMILES string of the molecule is Cc1cc(OCC2CCCN(C(=O)Cc3cccnc3)C2)ccn1. The smallest absolute Gasteiger partial charge is 0.227 e. The van der Waals surface area contributed by atoms with E-state index >= 15 is 0 Å². The molecular weight excluding hydrogens is 302 g/mol. The number of hydrogen-bond donors (Lipinski definition) is 0. The molecule has 3 heterocycles. The summed E-state index contributed by atoms with van der Waals surface area (Å²) in [6, 6.07) is 7.63. The van der Waals surface area contributed by atoms with Crippen LogP contribution in [0.1, 0.15) is 24.1 Å². The van der Waals surface area contributed by atoms with E-state index in [1.165, 1.54) is 0 Å². The van der Waals surface area contributed by atoms with Gasteiger partial charge in [-0.2, -0.15) is 0 Å². The quantitative estimate of drug-likeness (QED) is 0.848. The number of aromatic nitrogens is 2. The molecule has 1 saturated heterocycles. The molecule has 0 bridgehead atoms. The molecule has 0 N–H and O–H groups in total. The molecule has 1 aliphatic heterocycles. The van der Waals surface area contributed by atoms with Crippen molar-refractivity contribution in [1.29, 1.82) is 0 Å². The Hall–Kier alpha value is -2.43. The maximum Gasteiger partial charge on any atom is 0.227 e. The van der Waals surface area contributed by atoms with Gasteiger partial charge >= 0.3 is 0 Å². The third-order valence-electron chi connectivity index (χ3n) is 4.30. The first-order chi connectivity index (χ1) is 11.7. The molecule has 5 nitrogen and oxygen atoms in total. The van der Waals surface area contributed by atoms with Crippen LogP contribution in [0, 0.1) is 12.8 Å². The standard InChI is InChI=1S/C19H23N3O2/c1-15-10-18(6-8-21-15)24-14-17-5-3-9-22(13-17)19(23)11-16-4-2-7-20-12-16/h2,4,6-8,10,12,17H,3,5,9,11,13-14H2,1H3. The Kier molecular flexibility index (Phi) is 5.41. The second-order valence-corrected chi connectivity index (χ2v) is 6.33. The highest BCUT2D eigenvalue weighted by molar-refractivity contribution is 5.78. The van der Waals surface area contributed by atoms with Crippen LogP contribution in [0.3, 0.4) is 0 Å². The number of amides is 1. The van der Waals surface area contributed by atoms with Gasteiger partial charge in [0.15, 0.2) is 0 Å². The van der Waals surface area contributed by atoms with Crippen LogP contribution in [0.25, 0.3) is 0 Å². The lowest BCUT2D eigenvalue weighted by atomic mass is 9.98. The summed E-state index contributed by atoms with van der Waals surface area (Å²) in [7, 11) is 0. The molecule has 2 aromatic heterocycles. The second kappa shape index (κ2) is 7.90. The number of carbonyl (C=O) groups excluding carboxylic acids is 1. The number of pyridine rings is 2. The summed E-state index contributed by atoms with van der Waals surface area (Å²) < 4.78 is 5.88. The summed E-state index contributed by atoms with van der Waals surface area (Å²) in [5, 5.41) is 0. The summed E-state index contributed by atoms with van der Waals surface area (Å²) in [5.41, 5.74) is 1.91. The van der Waals surface area contributed by atoms with Crippen LogP contribution in [-0.4, -0.2) is 40.5 Å². The van der Waals surface area contributed by atoms with Gasteiger partial charge in [-0.1, -0.05) is 6.07 Å². The molecule has 126 valence electrons. The van der Waals surface area contributed by atoms with Crippen molar-refractivity contribution in [2.75, 3.05) is 19.7 Å². The van der Waals surface area contributed by atoms with Crippen LogP contribution in [0.5, 0.6) is 5.75 Å². The third kappa shape index (κ3) is 4.54. The van der Waals surface area contributed by atoms with Crippen molar-refractivity contribution < 1.29 is 9.53 Å². The molecule has 1 amide bonds. The molecule has 5 heteroatoms. The van der Waals surface area contributed by atoms with Crippen LogP contribution in [-0.2, 0) is 11.2 Å². The van der Waals surface area contributed by atoms with Gasteiger partial charge < -0.3 is 9.64 Å². The fraction of sp³-hybridized carbons (Fsp3) is 0.421. The van der Waals surface area contributed by atoms with Gasteiger partial charge in [0.2, 0.25) is 5.91 Å². The van der Waals surface area contributed by atoms with E-state index in [1.54, 1.807) is 18.6 Å². The van der Waals surface area contributed by atoms with Crippen molar-refractivity contribution >= 4 is 5.91 Å². The summed E-state index contributed by atoms with van der Waals surface area (Å²) in [6.07, 6.45) is 7.79. The summed E-state index contributed by atoms with van der Waals surface area (Å²) >= 11 is 0. The maximum absolute atomic E-state index is 12.5. The maximum atomic E-state index is 12.5. The molecule has 0 aromatic carbocycles. The zero-order valence-electron chi connectivity index (χ0n) is 14.0. The lowest BCUT2D eigenvalue weighted by Crippen LogP contribution is -2.42. The first-order valence-corrected chi connectivity index (χ1v) is 8.43. The first kappa shape index (κ1) is 16.4. The first-order valence-electron chi connectivity index (χ1n) is 8.43. The van der Waals surface area contributed by atoms with Gasteiger partial charge in [0.25, 0.3) is 0 Å². The molecule has 24 heavy (non-hydrogen) atoms. The van der Waals surface area contributed by atoms with Gasteiger partial charge in [-0.05, 0) is 37.5 Å². The zero-order valence-corrected chi connectivity index (χ0v) is 14.0. The van der Waals surface area contributed by atoms with Crippen molar-refractivity contribution in [3.05, 3.63) is 54.1 Å². The highest BCUT2D eigenvalue weighted by Gasteiger charge is 2.24. The molecule has 2 aromatic rings. The molecule has 1 aliphatic rings. The Morgan fingerprint density at radius 1 is 1.38 bits per heavy atom. The van der Waals surface area contributed by atoms with Crippen LogP contribution in [0.2, 0.25) is 0 Å². The largest absolute Gasteiger partial charge is 0.493 e. The molecule has 1 atom stereocenters. The number of nitrogens with zero attached hydrogens (tertiary/aromatic N) is 3. The molecule has 0 radical (unpaired) electrons. The Bertz CT molecular complexity index is 675. The minimum absolute atomic E-state index is 0.174. The number of rotatable bonds is 5. The van der Waals surface area contributed by atoms with Gasteiger partial charge in [-0.3, -0.25) is 14.8 Å². The van der Waals surface area contributed by atoms with E-state index in [0.717, 1.165) is 42.9 Å². The van der Waals surface area contributed by atoms with Gasteiger partial charge in [0, 0.05) is 49.4 Å². The van der Waals surface area contributed by atoms with E-state index in [0.29, 0.717) is 18.9 Å². The number of ether oxygens (including phenoxy) is 1. The topological polar surface area (TPSA) is 55.3 Å². The second-order valence-electron chi connectivity index (χ2n) is 6.33. The van der Waals surface area contributed by atoms with Crippen LogP contribution in [0.4, 0.5) is 0 Å². The number of hydrogen-bond acceptors (Lipinski definition) is 4. The summed E-state index contributed by atoms with van der Waals surface area (Å²) in [6.45, 7) is 4.19. The minimum atomic E-state index is 0.174. The Balaban J connectivity index is 1.51. The highest BCUT2D eigenvalue weighted by Crippen LogP contribution is 2.19. The molecule has 1 unspecified atom stereocenters. The Morgan fingerprint density at radius 2 is 2.29 bits per heavy atom. The predicted molar refractivity (Wildman–Crippen MR) is 91.7 cm³/mol. The minimum Gasteiger partial charge on any atom is -0.493 e. The number of likely N-dealkylation sites (tertiary alicyclic amines) is 1. The lowest BCUT2D eigenvalue weighted by Gasteiger charge is -2.32. The average molecular weight is 325 g/mol. The predicted octanol–water partition coefficient (Wildman–Crippen LogP) is 2.65. The fourth-order valence-electron chi connectivity index (χ4n) is 3.04. The monoisotopic (exact) mass is 325 g/mol. The Morgan fingerprint density at radius 3 is 3.08 bits per heavy atom. The fourth-order valence-corrected chi connectivity index (χ4v) is 3.04. The average Bonchev–Trinajstić information content (AvgIpc) is 2.61. The van der Waals surface area contributed by atoms with E-state index in [-0.39, 0.29) is 5.91 Å². The van der Waals surface area contributed by atoms with Crippen LogP contribution in [0.15, 0.2) is 42.9 Å². The molecule has 3 rings (SSSR count). The molecular formula is C19H23N3O2. The van der Waals surface area contributed by atoms with E-state index < -0.39 is 0 Å². The van der Waals surface area contributed by atoms with Gasteiger partial charge in [0.1, 0.15) is 5.75 Å². The number of aryl methyl sites for hydroxylation is 1. The summed E-state index contributed by atoms with van der Waals surface area (Å²) in [5.74, 6) is 1.40. The molecule has 0 saturated carbocycles. The van der Waals surface area contributed by atoms with E-state index in [4.69, 9.17) is 4.74 Å². The zero-order chi connectivity index (χ0) is 16.8. The van der Waals surface area contributed by atoms with Gasteiger partial charge in [-0.15, -0.1) is 0 Å². The number of piperidine rings is 1. The highest BCUT2D eigenvalue weighted by atomic mass is 16.5. The molecule has 0 aliphatic carbocycles. The number of carbonyl (C=O) groups is 1. The van der Waals surface area contributed by atoms with E-state index in [2.05, 4.69) is 9.97 Å². The molecule has 0 spiro atoms. The van der Waals surface area contributed by atoms with Crippen LogP contribution < -0.4 is 4.74 Å². The normalized spacial score (nSPS) is 17.5. The summed E-state index contributed by atoms with van der Waals surface area (Å²) in [4.78, 5) is 22.7. The van der Waals surface area contributed by atoms with Crippen molar-refractivity contribution in [2.24, 2.45) is 5.92 Å². The molecule has 1 fully saturated rings. The van der Waals surface area contributed by atoms with Crippen molar-refractivity contribution in [3.8, 4) is 5.75 Å². The van der Waals surface area contributed by atoms with Crippen molar-refractivity contribution in [1.82, 2.24) is 14.9 Å². The van der Waals surface area contributed by atoms with Crippen molar-refractivity contribution in [3.63, 3.8) is 0 Å². The van der Waals surface area contributed by atoms with Gasteiger partial charge in [-0.25, -0.2) is 0 Å².